The normalized spacial score (nSPS) is 19.6. The van der Waals surface area contributed by atoms with Gasteiger partial charge >= 0.3 is 12.4 Å². The third kappa shape index (κ3) is 4.89. The van der Waals surface area contributed by atoms with Crippen molar-refractivity contribution < 1.29 is 34.9 Å². The van der Waals surface area contributed by atoms with Crippen LogP contribution in [0.5, 0.6) is 0 Å². The van der Waals surface area contributed by atoms with Crippen LogP contribution in [0.4, 0.5) is 36.4 Å². The van der Waals surface area contributed by atoms with Gasteiger partial charge in [0.2, 0.25) is 0 Å². The average molecular weight is 431 g/mol. The third-order valence-corrected chi connectivity index (χ3v) is 5.61. The number of halogens is 7. The molecule has 1 heterocycles. The fourth-order valence-corrected chi connectivity index (χ4v) is 3.88. The SMILES string of the molecule is CCC1CC(=N)N(c2cc(S(=O)CC(F)(F)F)c(C)cc2F)N=C1C(F)(F)F. The predicted molar refractivity (Wildman–Crippen MR) is 90.6 cm³/mol. The van der Waals surface area contributed by atoms with Gasteiger partial charge in [-0.3, -0.25) is 9.62 Å². The fourth-order valence-electron chi connectivity index (χ4n) is 2.77. The number of alkyl halides is 6. The van der Waals surface area contributed by atoms with Crippen LogP contribution in [0.15, 0.2) is 22.1 Å². The maximum Gasteiger partial charge on any atom is 0.431 e. The summed E-state index contributed by atoms with van der Waals surface area (Å²) in [5, 5.41) is 11.7. The van der Waals surface area contributed by atoms with Gasteiger partial charge in [0.05, 0.1) is 10.8 Å². The molecule has 0 bridgehead atoms. The van der Waals surface area contributed by atoms with Crippen LogP contribution in [-0.4, -0.2) is 33.9 Å². The summed E-state index contributed by atoms with van der Waals surface area (Å²) in [6.07, 6.45) is -9.89. The lowest BCUT2D eigenvalue weighted by Crippen LogP contribution is -2.42. The first-order valence-corrected chi connectivity index (χ1v) is 9.35. The van der Waals surface area contributed by atoms with Crippen LogP contribution in [-0.2, 0) is 10.8 Å². The van der Waals surface area contributed by atoms with Gasteiger partial charge < -0.3 is 0 Å². The van der Waals surface area contributed by atoms with E-state index < -0.39 is 57.9 Å². The fraction of sp³-hybridized carbons (Fsp3) is 0.500. The van der Waals surface area contributed by atoms with Crippen molar-refractivity contribution in [3.05, 3.63) is 23.5 Å². The van der Waals surface area contributed by atoms with Gasteiger partial charge in [-0.2, -0.15) is 31.4 Å². The number of hydrogen-bond donors (Lipinski definition) is 1. The van der Waals surface area contributed by atoms with Crippen molar-refractivity contribution in [3.8, 4) is 0 Å². The molecule has 0 aliphatic carbocycles. The second kappa shape index (κ2) is 7.80. The molecule has 0 saturated carbocycles. The summed E-state index contributed by atoms with van der Waals surface area (Å²) in [5.41, 5.74) is -1.92. The third-order valence-electron chi connectivity index (χ3n) is 4.09. The van der Waals surface area contributed by atoms with E-state index in [-0.39, 0.29) is 23.3 Å². The van der Waals surface area contributed by atoms with E-state index in [1.807, 2.05) is 0 Å². The maximum absolute atomic E-state index is 14.4. The van der Waals surface area contributed by atoms with Gasteiger partial charge in [0.25, 0.3) is 0 Å². The molecular weight excluding hydrogens is 415 g/mol. The summed E-state index contributed by atoms with van der Waals surface area (Å²) < 4.78 is 104. The zero-order valence-electron chi connectivity index (χ0n) is 14.7. The monoisotopic (exact) mass is 431 g/mol. The molecule has 1 aliphatic rings. The highest BCUT2D eigenvalue weighted by atomic mass is 32.2. The van der Waals surface area contributed by atoms with Crippen LogP contribution in [0.2, 0.25) is 0 Å². The standard InChI is InChI=1S/C16H16F7N3OS/c1-3-9-5-13(24)26(25-14(9)16(21,22)23)11-6-12(8(2)4-10(11)17)28(27)7-15(18,19)20/h4,6,9,24H,3,5,7H2,1-2H3. The second-order valence-corrected chi connectivity index (χ2v) is 7.64. The minimum atomic E-state index is -4.82. The van der Waals surface area contributed by atoms with Gasteiger partial charge in [0, 0.05) is 17.2 Å². The Labute approximate surface area is 158 Å². The molecule has 2 rings (SSSR count). The van der Waals surface area contributed by atoms with Crippen molar-refractivity contribution in [1.29, 1.82) is 5.41 Å². The molecule has 0 amide bonds. The van der Waals surface area contributed by atoms with Crippen LogP contribution in [0, 0.1) is 24.1 Å². The molecule has 1 N–H and O–H groups in total. The molecule has 1 aromatic carbocycles. The summed E-state index contributed by atoms with van der Waals surface area (Å²) in [7, 11) is -2.59. The second-order valence-electron chi connectivity index (χ2n) is 6.22. The molecule has 28 heavy (non-hydrogen) atoms. The molecule has 156 valence electrons. The zero-order chi connectivity index (χ0) is 21.4. The smallest absolute Gasteiger partial charge is 0.287 e. The highest BCUT2D eigenvalue weighted by Gasteiger charge is 2.44. The number of anilines is 1. The lowest BCUT2D eigenvalue weighted by atomic mass is 9.93. The molecule has 0 saturated heterocycles. The minimum Gasteiger partial charge on any atom is -0.287 e. The highest BCUT2D eigenvalue weighted by molar-refractivity contribution is 7.85. The van der Waals surface area contributed by atoms with Crippen molar-refractivity contribution in [2.24, 2.45) is 11.0 Å². The van der Waals surface area contributed by atoms with Crippen molar-refractivity contribution >= 4 is 28.0 Å². The van der Waals surface area contributed by atoms with Crippen LogP contribution in [0.1, 0.15) is 25.3 Å². The Morgan fingerprint density at radius 2 is 1.86 bits per heavy atom. The highest BCUT2D eigenvalue weighted by Crippen LogP contribution is 2.35. The molecular formula is C16H16F7N3OS. The van der Waals surface area contributed by atoms with Gasteiger partial charge in [-0.1, -0.05) is 6.92 Å². The number of amidine groups is 1. The number of nitrogens with one attached hydrogen (secondary N) is 1. The van der Waals surface area contributed by atoms with E-state index in [0.29, 0.717) is 5.01 Å². The topological polar surface area (TPSA) is 56.5 Å². The summed E-state index contributed by atoms with van der Waals surface area (Å²) in [6, 6.07) is 1.52. The first-order chi connectivity index (χ1) is 12.7. The van der Waals surface area contributed by atoms with E-state index >= 15 is 0 Å². The Hall–Kier alpha value is -1.98. The van der Waals surface area contributed by atoms with Crippen molar-refractivity contribution in [3.63, 3.8) is 0 Å². The van der Waals surface area contributed by atoms with Crippen molar-refractivity contribution in [2.45, 2.75) is 43.9 Å². The van der Waals surface area contributed by atoms with E-state index in [0.717, 1.165) is 12.1 Å². The van der Waals surface area contributed by atoms with Crippen molar-refractivity contribution in [1.82, 2.24) is 0 Å². The summed E-state index contributed by atoms with van der Waals surface area (Å²) in [6.45, 7) is 2.72. The summed E-state index contributed by atoms with van der Waals surface area (Å²) >= 11 is 0. The zero-order valence-corrected chi connectivity index (χ0v) is 15.5. The number of nitrogens with zero attached hydrogens (tertiary/aromatic N) is 2. The van der Waals surface area contributed by atoms with Gasteiger partial charge in [0.1, 0.15) is 28.8 Å². The Bertz CT molecular complexity index is 833. The molecule has 2 atom stereocenters. The average Bonchev–Trinajstić information content (AvgIpc) is 2.52. The Kier molecular flexibility index (Phi) is 6.22. The largest absolute Gasteiger partial charge is 0.431 e. The summed E-state index contributed by atoms with van der Waals surface area (Å²) in [4.78, 5) is -0.386. The molecule has 12 heteroatoms. The lowest BCUT2D eigenvalue weighted by molar-refractivity contribution is -0.105. The number of benzene rings is 1. The minimum absolute atomic E-state index is 0.0474. The maximum atomic E-state index is 14.4. The quantitative estimate of drug-likeness (QED) is 0.687. The molecule has 4 nitrogen and oxygen atoms in total. The molecule has 2 unspecified atom stereocenters. The number of hydrazone groups is 1. The molecule has 0 spiro atoms. The van der Waals surface area contributed by atoms with Crippen LogP contribution >= 0.6 is 0 Å². The van der Waals surface area contributed by atoms with Crippen LogP contribution < -0.4 is 5.01 Å². The molecule has 0 radical (unpaired) electrons. The number of hydrogen-bond acceptors (Lipinski definition) is 3. The Balaban J connectivity index is 2.56. The van der Waals surface area contributed by atoms with E-state index in [4.69, 9.17) is 5.41 Å². The number of rotatable bonds is 4. The summed E-state index contributed by atoms with van der Waals surface area (Å²) in [5.74, 6) is -4.31. The van der Waals surface area contributed by atoms with Gasteiger partial charge in [-0.05, 0) is 31.0 Å². The molecule has 0 aromatic heterocycles. The Morgan fingerprint density at radius 3 is 2.36 bits per heavy atom. The molecule has 1 aromatic rings. The first kappa shape index (κ1) is 22.3. The lowest BCUT2D eigenvalue weighted by Gasteiger charge is -2.32. The van der Waals surface area contributed by atoms with Crippen LogP contribution in [0.25, 0.3) is 0 Å². The molecule has 1 aliphatic heterocycles. The van der Waals surface area contributed by atoms with Gasteiger partial charge in [-0.25, -0.2) is 9.40 Å². The predicted octanol–water partition coefficient (Wildman–Crippen LogP) is 4.94. The van der Waals surface area contributed by atoms with Crippen LogP contribution in [0.3, 0.4) is 0 Å². The first-order valence-electron chi connectivity index (χ1n) is 8.03. The number of aryl methyl sites for hydroxylation is 1. The Morgan fingerprint density at radius 1 is 1.25 bits per heavy atom. The van der Waals surface area contributed by atoms with Gasteiger partial charge in [0.15, 0.2) is 0 Å². The van der Waals surface area contributed by atoms with Gasteiger partial charge in [-0.15, -0.1) is 0 Å². The van der Waals surface area contributed by atoms with E-state index in [1.54, 1.807) is 0 Å². The van der Waals surface area contributed by atoms with E-state index in [1.165, 1.54) is 13.8 Å². The van der Waals surface area contributed by atoms with Crippen molar-refractivity contribution in [2.75, 3.05) is 10.8 Å². The van der Waals surface area contributed by atoms with E-state index in [2.05, 4.69) is 5.10 Å². The van der Waals surface area contributed by atoms with E-state index in [9.17, 15) is 34.9 Å². The molecule has 0 fully saturated rings.